The summed E-state index contributed by atoms with van der Waals surface area (Å²) in [5.41, 5.74) is 5.57. The first-order valence-electron chi connectivity index (χ1n) is 7.90. The van der Waals surface area contributed by atoms with Crippen LogP contribution in [0, 0.1) is 5.92 Å². The van der Waals surface area contributed by atoms with Gasteiger partial charge in [-0.1, -0.05) is 18.2 Å². The number of alkyl halides is 4. The van der Waals surface area contributed by atoms with Crippen molar-refractivity contribution < 1.29 is 22.4 Å². The minimum atomic E-state index is -4.52. The summed E-state index contributed by atoms with van der Waals surface area (Å²) in [6, 6.07) is 8.12. The molecule has 1 fully saturated rings. The third-order valence-corrected chi connectivity index (χ3v) is 4.47. The SMILES string of the molecule is Nc1nc2ccc(-c3ccccc3C(F)(F)F)cn2c1C(=O)[C@@H]1C[C@@H]1F. The average molecular weight is 363 g/mol. The maximum absolute atomic E-state index is 13.3. The molecule has 134 valence electrons. The highest BCUT2D eigenvalue weighted by Gasteiger charge is 2.45. The van der Waals surface area contributed by atoms with Gasteiger partial charge in [-0.25, -0.2) is 9.37 Å². The summed E-state index contributed by atoms with van der Waals surface area (Å²) < 4.78 is 54.4. The van der Waals surface area contributed by atoms with E-state index in [0.717, 1.165) is 6.07 Å². The van der Waals surface area contributed by atoms with Gasteiger partial charge >= 0.3 is 6.18 Å². The zero-order chi connectivity index (χ0) is 18.6. The Balaban J connectivity index is 1.88. The number of anilines is 1. The van der Waals surface area contributed by atoms with Crippen LogP contribution in [0.4, 0.5) is 23.4 Å². The standard InChI is InChI=1S/C18H13F4N3O/c19-13-7-11(13)16(26)15-17(23)24-14-6-5-9(8-25(14)15)10-3-1-2-4-12(10)18(20,21)22/h1-6,8,11,13H,7,23H2/t11-,13+/m1/s1. The fraction of sp³-hybridized carbons (Fsp3) is 0.222. The summed E-state index contributed by atoms with van der Waals surface area (Å²) in [6.45, 7) is 0. The second-order valence-corrected chi connectivity index (χ2v) is 6.26. The number of pyridine rings is 1. The molecular formula is C18H13F4N3O. The molecule has 2 N–H and O–H groups in total. The third-order valence-electron chi connectivity index (χ3n) is 4.47. The molecule has 0 saturated heterocycles. The van der Waals surface area contributed by atoms with E-state index < -0.39 is 29.6 Å². The van der Waals surface area contributed by atoms with E-state index >= 15 is 0 Å². The van der Waals surface area contributed by atoms with Crippen molar-refractivity contribution >= 4 is 17.2 Å². The third kappa shape index (κ3) is 2.61. The number of carbonyl (C=O) groups is 1. The van der Waals surface area contributed by atoms with Gasteiger partial charge in [-0.3, -0.25) is 9.20 Å². The fourth-order valence-corrected chi connectivity index (χ4v) is 3.06. The second kappa shape index (κ2) is 5.55. The molecule has 1 aliphatic carbocycles. The van der Waals surface area contributed by atoms with Crippen LogP contribution in [-0.4, -0.2) is 21.3 Å². The molecular weight excluding hydrogens is 350 g/mol. The number of nitrogens with two attached hydrogens (primary N) is 1. The van der Waals surface area contributed by atoms with Crippen molar-refractivity contribution in [1.29, 1.82) is 0 Å². The Morgan fingerprint density at radius 2 is 1.88 bits per heavy atom. The number of hydrogen-bond acceptors (Lipinski definition) is 3. The first-order valence-corrected chi connectivity index (χ1v) is 7.90. The Hall–Kier alpha value is -2.90. The van der Waals surface area contributed by atoms with Crippen LogP contribution < -0.4 is 5.73 Å². The molecule has 26 heavy (non-hydrogen) atoms. The van der Waals surface area contributed by atoms with Gasteiger partial charge in [0.05, 0.1) is 11.5 Å². The molecule has 2 heterocycles. The molecule has 1 aromatic carbocycles. The van der Waals surface area contributed by atoms with Gasteiger partial charge in [0, 0.05) is 6.20 Å². The minimum Gasteiger partial charge on any atom is -0.382 e. The van der Waals surface area contributed by atoms with Crippen LogP contribution in [-0.2, 0) is 6.18 Å². The molecule has 8 heteroatoms. The van der Waals surface area contributed by atoms with E-state index in [2.05, 4.69) is 4.98 Å². The van der Waals surface area contributed by atoms with Crippen LogP contribution in [0.1, 0.15) is 22.5 Å². The lowest BCUT2D eigenvalue weighted by atomic mass is 10.0. The summed E-state index contributed by atoms with van der Waals surface area (Å²) in [5.74, 6) is -1.30. The predicted molar refractivity (Wildman–Crippen MR) is 87.4 cm³/mol. The van der Waals surface area contributed by atoms with Crippen molar-refractivity contribution in [1.82, 2.24) is 9.38 Å². The van der Waals surface area contributed by atoms with Gasteiger partial charge in [0.1, 0.15) is 17.5 Å². The molecule has 4 rings (SSSR count). The van der Waals surface area contributed by atoms with Crippen molar-refractivity contribution in [2.24, 2.45) is 5.92 Å². The zero-order valence-electron chi connectivity index (χ0n) is 13.3. The van der Waals surface area contributed by atoms with Crippen molar-refractivity contribution in [3.8, 4) is 11.1 Å². The molecule has 1 saturated carbocycles. The monoisotopic (exact) mass is 363 g/mol. The molecule has 4 nitrogen and oxygen atoms in total. The lowest BCUT2D eigenvalue weighted by Gasteiger charge is -2.13. The molecule has 0 radical (unpaired) electrons. The smallest absolute Gasteiger partial charge is 0.382 e. The number of benzene rings is 1. The van der Waals surface area contributed by atoms with Crippen LogP contribution in [0.3, 0.4) is 0 Å². The van der Waals surface area contributed by atoms with Crippen LogP contribution in [0.25, 0.3) is 16.8 Å². The van der Waals surface area contributed by atoms with E-state index in [1.54, 1.807) is 0 Å². The van der Waals surface area contributed by atoms with E-state index in [-0.39, 0.29) is 29.1 Å². The number of hydrogen-bond donors (Lipinski definition) is 1. The number of ketones is 1. The molecule has 2 aromatic heterocycles. The second-order valence-electron chi connectivity index (χ2n) is 6.26. The fourth-order valence-electron chi connectivity index (χ4n) is 3.06. The molecule has 0 unspecified atom stereocenters. The van der Waals surface area contributed by atoms with Crippen molar-refractivity contribution in [2.75, 3.05) is 5.73 Å². The first-order chi connectivity index (χ1) is 12.3. The lowest BCUT2D eigenvalue weighted by molar-refractivity contribution is -0.137. The zero-order valence-corrected chi connectivity index (χ0v) is 13.3. The van der Waals surface area contributed by atoms with Gasteiger partial charge in [0.25, 0.3) is 0 Å². The molecule has 0 amide bonds. The Kier molecular flexibility index (Phi) is 3.54. The largest absolute Gasteiger partial charge is 0.417 e. The van der Waals surface area contributed by atoms with E-state index in [0.29, 0.717) is 5.65 Å². The Labute approximate surface area is 145 Å². The van der Waals surface area contributed by atoms with Gasteiger partial charge < -0.3 is 5.73 Å². The number of fused-ring (bicyclic) bond motifs is 1. The van der Waals surface area contributed by atoms with Crippen LogP contribution in [0.2, 0.25) is 0 Å². The van der Waals surface area contributed by atoms with Gasteiger partial charge in [-0.05, 0) is 35.7 Å². The Bertz CT molecular complexity index is 1020. The number of rotatable bonds is 3. The predicted octanol–water partition coefficient (Wildman–Crippen LogP) is 4.14. The topological polar surface area (TPSA) is 60.4 Å². The van der Waals surface area contributed by atoms with Crippen molar-refractivity contribution in [3.63, 3.8) is 0 Å². The lowest BCUT2D eigenvalue weighted by Crippen LogP contribution is -2.10. The number of nitrogens with zero attached hydrogens (tertiary/aromatic N) is 2. The van der Waals surface area contributed by atoms with Crippen molar-refractivity contribution in [3.05, 3.63) is 53.9 Å². The number of carbonyl (C=O) groups excluding carboxylic acids is 1. The number of halogens is 4. The number of imidazole rings is 1. The van der Waals surface area contributed by atoms with Crippen LogP contribution in [0.5, 0.6) is 0 Å². The quantitative estimate of drug-likeness (QED) is 0.562. The number of aromatic nitrogens is 2. The number of Topliss-reactive ketones (excluding diaryl/α,β-unsaturated/α-hetero) is 1. The minimum absolute atomic E-state index is 0.0106. The summed E-state index contributed by atoms with van der Waals surface area (Å²) >= 11 is 0. The first kappa shape index (κ1) is 16.6. The molecule has 1 aliphatic rings. The highest BCUT2D eigenvalue weighted by atomic mass is 19.4. The summed E-state index contributed by atoms with van der Waals surface area (Å²) in [6.07, 6.45) is -4.22. The van der Waals surface area contributed by atoms with Gasteiger partial charge in [-0.15, -0.1) is 0 Å². The average Bonchev–Trinajstić information content (AvgIpc) is 3.23. The van der Waals surface area contributed by atoms with Gasteiger partial charge in [0.15, 0.2) is 11.6 Å². The maximum Gasteiger partial charge on any atom is 0.417 e. The van der Waals surface area contributed by atoms with Crippen molar-refractivity contribution in [2.45, 2.75) is 18.8 Å². The molecule has 3 aromatic rings. The number of nitrogen functional groups attached to an aromatic ring is 1. The molecule has 0 aliphatic heterocycles. The van der Waals surface area contributed by atoms with E-state index in [1.165, 1.54) is 40.9 Å². The molecule has 2 atom stereocenters. The summed E-state index contributed by atoms with van der Waals surface area (Å²) in [5, 5.41) is 0. The highest BCUT2D eigenvalue weighted by Crippen LogP contribution is 2.39. The van der Waals surface area contributed by atoms with E-state index in [9.17, 15) is 22.4 Å². The van der Waals surface area contributed by atoms with Gasteiger partial charge in [0.2, 0.25) is 0 Å². The summed E-state index contributed by atoms with van der Waals surface area (Å²) in [4.78, 5) is 16.5. The normalized spacial score (nSPS) is 19.7. The Morgan fingerprint density at radius 3 is 2.54 bits per heavy atom. The van der Waals surface area contributed by atoms with Gasteiger partial charge in [-0.2, -0.15) is 13.2 Å². The highest BCUT2D eigenvalue weighted by molar-refractivity contribution is 6.03. The van der Waals surface area contributed by atoms with E-state index in [1.807, 2.05) is 0 Å². The molecule has 0 bridgehead atoms. The summed E-state index contributed by atoms with van der Waals surface area (Å²) in [7, 11) is 0. The molecule has 0 spiro atoms. The van der Waals surface area contributed by atoms with Crippen LogP contribution >= 0.6 is 0 Å². The van der Waals surface area contributed by atoms with Crippen LogP contribution in [0.15, 0.2) is 42.6 Å². The maximum atomic E-state index is 13.3. The Morgan fingerprint density at radius 1 is 1.19 bits per heavy atom. The van der Waals surface area contributed by atoms with E-state index in [4.69, 9.17) is 5.73 Å².